The lowest BCUT2D eigenvalue weighted by Crippen LogP contribution is -2.20. The van der Waals surface area contributed by atoms with Crippen molar-refractivity contribution in [1.82, 2.24) is 15.1 Å². The van der Waals surface area contributed by atoms with Gasteiger partial charge in [-0.25, -0.2) is 0 Å². The minimum atomic E-state index is 0.479. The molecule has 1 aromatic carbocycles. The number of hydrogen-bond acceptors (Lipinski definition) is 2. The third-order valence-electron chi connectivity index (χ3n) is 3.83. The van der Waals surface area contributed by atoms with Gasteiger partial charge in [0.25, 0.3) is 0 Å². The summed E-state index contributed by atoms with van der Waals surface area (Å²) in [4.78, 5) is 0. The molecule has 0 aliphatic heterocycles. The van der Waals surface area contributed by atoms with Crippen molar-refractivity contribution < 1.29 is 0 Å². The Bertz CT molecular complexity index is 504. The summed E-state index contributed by atoms with van der Waals surface area (Å²) in [5.74, 6) is 0.521. The largest absolute Gasteiger partial charge is 0.311 e. The lowest BCUT2D eigenvalue weighted by molar-refractivity contribution is 0.470. The van der Waals surface area contributed by atoms with Gasteiger partial charge in [-0.2, -0.15) is 5.10 Å². The van der Waals surface area contributed by atoms with E-state index in [1.54, 1.807) is 0 Å². The highest BCUT2D eigenvalue weighted by atomic mass is 15.3. The van der Waals surface area contributed by atoms with Gasteiger partial charge in [-0.1, -0.05) is 44.2 Å². The Hall–Kier alpha value is -1.61. The van der Waals surface area contributed by atoms with Crippen molar-refractivity contribution in [3.05, 3.63) is 53.9 Å². The van der Waals surface area contributed by atoms with E-state index in [4.69, 9.17) is 0 Å². The minimum Gasteiger partial charge on any atom is -0.311 e. The Labute approximate surface area is 122 Å². The number of hydrogen-bond donors (Lipinski definition) is 1. The predicted molar refractivity (Wildman–Crippen MR) is 83.8 cm³/mol. The van der Waals surface area contributed by atoms with E-state index in [2.05, 4.69) is 78.5 Å². The van der Waals surface area contributed by atoms with Crippen molar-refractivity contribution in [1.29, 1.82) is 0 Å². The van der Waals surface area contributed by atoms with Crippen LogP contribution in [0.15, 0.2) is 42.6 Å². The lowest BCUT2D eigenvalue weighted by Gasteiger charge is -2.12. The third-order valence-corrected chi connectivity index (χ3v) is 3.83. The van der Waals surface area contributed by atoms with Crippen molar-refractivity contribution >= 4 is 0 Å². The zero-order valence-corrected chi connectivity index (χ0v) is 12.7. The Morgan fingerprint density at radius 3 is 2.60 bits per heavy atom. The number of rotatable bonds is 7. The summed E-state index contributed by atoms with van der Waals surface area (Å²) in [6.07, 6.45) is 3.19. The molecular formula is C17H25N3. The molecule has 0 aliphatic carbocycles. The Morgan fingerprint density at radius 1 is 1.15 bits per heavy atom. The van der Waals surface area contributed by atoms with Gasteiger partial charge in [0.1, 0.15) is 0 Å². The fourth-order valence-corrected chi connectivity index (χ4v) is 2.22. The molecule has 0 amide bonds. The van der Waals surface area contributed by atoms with Crippen molar-refractivity contribution in [2.75, 3.05) is 6.54 Å². The zero-order valence-electron chi connectivity index (χ0n) is 12.7. The normalized spacial score (nSPS) is 14.2. The van der Waals surface area contributed by atoms with Gasteiger partial charge in [0.2, 0.25) is 0 Å². The lowest BCUT2D eigenvalue weighted by atomic mass is 10.0. The Balaban J connectivity index is 1.80. The molecule has 0 bridgehead atoms. The van der Waals surface area contributed by atoms with E-state index in [9.17, 15) is 0 Å². The number of aromatic nitrogens is 2. The standard InChI is InChI=1S/C17H25N3/c1-4-15(3)20-11-10-17(19-20)13-18-12-14(2)16-8-6-5-7-9-16/h5-11,14-15,18H,4,12-13H2,1-3H3. The average Bonchev–Trinajstić information content (AvgIpc) is 2.96. The Morgan fingerprint density at radius 2 is 1.90 bits per heavy atom. The molecule has 0 spiro atoms. The van der Waals surface area contributed by atoms with Crippen LogP contribution >= 0.6 is 0 Å². The van der Waals surface area contributed by atoms with E-state index in [0.717, 1.165) is 25.2 Å². The smallest absolute Gasteiger partial charge is 0.0762 e. The van der Waals surface area contributed by atoms with Crippen LogP contribution in [0.5, 0.6) is 0 Å². The molecule has 0 saturated heterocycles. The molecule has 3 heteroatoms. The molecule has 0 radical (unpaired) electrons. The highest BCUT2D eigenvalue weighted by Gasteiger charge is 2.06. The van der Waals surface area contributed by atoms with Gasteiger partial charge in [-0.3, -0.25) is 4.68 Å². The van der Waals surface area contributed by atoms with Crippen LogP contribution in [-0.4, -0.2) is 16.3 Å². The van der Waals surface area contributed by atoms with Crippen LogP contribution < -0.4 is 5.32 Å². The number of nitrogens with zero attached hydrogens (tertiary/aromatic N) is 2. The first-order chi connectivity index (χ1) is 9.70. The first kappa shape index (κ1) is 14.8. The van der Waals surface area contributed by atoms with Crippen LogP contribution in [0.2, 0.25) is 0 Å². The molecule has 2 rings (SSSR count). The number of benzene rings is 1. The van der Waals surface area contributed by atoms with Gasteiger partial charge in [0, 0.05) is 25.3 Å². The first-order valence-electron chi connectivity index (χ1n) is 7.50. The van der Waals surface area contributed by atoms with Crippen molar-refractivity contribution in [2.24, 2.45) is 0 Å². The molecule has 0 fully saturated rings. The highest BCUT2D eigenvalue weighted by Crippen LogP contribution is 2.13. The average molecular weight is 271 g/mol. The topological polar surface area (TPSA) is 29.9 Å². The maximum absolute atomic E-state index is 4.60. The van der Waals surface area contributed by atoms with Crippen molar-refractivity contribution in [3.63, 3.8) is 0 Å². The van der Waals surface area contributed by atoms with Crippen LogP contribution in [0.4, 0.5) is 0 Å². The molecule has 1 N–H and O–H groups in total. The molecule has 3 nitrogen and oxygen atoms in total. The summed E-state index contributed by atoms with van der Waals surface area (Å²) in [7, 11) is 0. The quantitative estimate of drug-likeness (QED) is 0.831. The fraction of sp³-hybridized carbons (Fsp3) is 0.471. The van der Waals surface area contributed by atoms with Crippen LogP contribution in [0.1, 0.15) is 50.4 Å². The summed E-state index contributed by atoms with van der Waals surface area (Å²) in [5, 5.41) is 8.10. The van der Waals surface area contributed by atoms with E-state index in [-0.39, 0.29) is 0 Å². The first-order valence-corrected chi connectivity index (χ1v) is 7.50. The molecular weight excluding hydrogens is 246 g/mol. The van der Waals surface area contributed by atoms with E-state index in [0.29, 0.717) is 12.0 Å². The molecule has 108 valence electrons. The van der Waals surface area contributed by atoms with Gasteiger partial charge in [-0.15, -0.1) is 0 Å². The van der Waals surface area contributed by atoms with Gasteiger partial charge in [-0.05, 0) is 30.9 Å². The molecule has 2 aromatic rings. The SMILES string of the molecule is CCC(C)n1ccc(CNCC(C)c2ccccc2)n1. The van der Waals surface area contributed by atoms with Gasteiger partial charge in [0.05, 0.1) is 5.69 Å². The maximum Gasteiger partial charge on any atom is 0.0762 e. The van der Waals surface area contributed by atoms with Crippen LogP contribution in [-0.2, 0) is 6.54 Å². The number of nitrogens with one attached hydrogen (secondary N) is 1. The van der Waals surface area contributed by atoms with E-state index < -0.39 is 0 Å². The second-order valence-corrected chi connectivity index (χ2v) is 5.49. The van der Waals surface area contributed by atoms with Gasteiger partial charge < -0.3 is 5.32 Å². The van der Waals surface area contributed by atoms with E-state index in [1.807, 2.05) is 0 Å². The summed E-state index contributed by atoms with van der Waals surface area (Å²) in [6.45, 7) is 8.44. The van der Waals surface area contributed by atoms with E-state index >= 15 is 0 Å². The molecule has 20 heavy (non-hydrogen) atoms. The summed E-state index contributed by atoms with van der Waals surface area (Å²) in [5.41, 5.74) is 2.50. The molecule has 0 saturated carbocycles. The summed E-state index contributed by atoms with van der Waals surface area (Å²) >= 11 is 0. The van der Waals surface area contributed by atoms with Crippen molar-refractivity contribution in [2.45, 2.75) is 45.7 Å². The van der Waals surface area contributed by atoms with Crippen LogP contribution in [0.3, 0.4) is 0 Å². The molecule has 2 atom stereocenters. The highest BCUT2D eigenvalue weighted by molar-refractivity contribution is 5.19. The predicted octanol–water partition coefficient (Wildman–Crippen LogP) is 3.75. The van der Waals surface area contributed by atoms with Crippen LogP contribution in [0.25, 0.3) is 0 Å². The molecule has 0 aliphatic rings. The Kier molecular flexibility index (Phi) is 5.36. The van der Waals surface area contributed by atoms with Gasteiger partial charge in [0.15, 0.2) is 0 Å². The molecule has 2 unspecified atom stereocenters. The fourth-order valence-electron chi connectivity index (χ4n) is 2.22. The second-order valence-electron chi connectivity index (χ2n) is 5.49. The van der Waals surface area contributed by atoms with Crippen molar-refractivity contribution in [3.8, 4) is 0 Å². The minimum absolute atomic E-state index is 0.479. The molecule has 1 heterocycles. The summed E-state index contributed by atoms with van der Waals surface area (Å²) in [6, 6.07) is 13.2. The molecule has 1 aromatic heterocycles. The zero-order chi connectivity index (χ0) is 14.4. The monoisotopic (exact) mass is 271 g/mol. The second kappa shape index (κ2) is 7.25. The third kappa shape index (κ3) is 3.94. The van der Waals surface area contributed by atoms with Gasteiger partial charge >= 0.3 is 0 Å². The maximum atomic E-state index is 4.60. The van der Waals surface area contributed by atoms with E-state index in [1.165, 1.54) is 5.56 Å². The van der Waals surface area contributed by atoms with Crippen LogP contribution in [0, 0.1) is 0 Å². The summed E-state index contributed by atoms with van der Waals surface area (Å²) < 4.78 is 2.05.